The molecule has 4 rings (SSSR count). The summed E-state index contributed by atoms with van der Waals surface area (Å²) in [5, 5.41) is 11.7. The zero-order valence-electron chi connectivity index (χ0n) is 15.9. The molecule has 3 aliphatic rings. The van der Waals surface area contributed by atoms with Gasteiger partial charge >= 0.3 is 0 Å². The SMILES string of the molecule is COCCNC(=O)[C@H]1C[NH+]2CC[C@H]1C[C@@H]2Cn1cc(C(C)(C)C)nn1. The number of amides is 1. The molecule has 4 atom stereocenters. The summed E-state index contributed by atoms with van der Waals surface area (Å²) in [6, 6.07) is 0.538. The van der Waals surface area contributed by atoms with Crippen LogP contribution in [-0.4, -0.2) is 60.3 Å². The third-order valence-corrected chi connectivity index (χ3v) is 5.71. The number of quaternary nitrogens is 1. The highest BCUT2D eigenvalue weighted by Gasteiger charge is 2.46. The van der Waals surface area contributed by atoms with Crippen LogP contribution in [0.15, 0.2) is 6.20 Å². The van der Waals surface area contributed by atoms with Crippen molar-refractivity contribution in [3.05, 3.63) is 11.9 Å². The molecule has 0 radical (unpaired) electrons. The Balaban J connectivity index is 1.57. The van der Waals surface area contributed by atoms with E-state index < -0.39 is 0 Å². The maximum Gasteiger partial charge on any atom is 0.229 e. The molecule has 7 heteroatoms. The van der Waals surface area contributed by atoms with Crippen molar-refractivity contribution in [2.75, 3.05) is 33.4 Å². The third kappa shape index (κ3) is 4.20. The number of hydrogen-bond donors (Lipinski definition) is 2. The molecule has 0 aromatic carbocycles. The van der Waals surface area contributed by atoms with Gasteiger partial charge in [0.2, 0.25) is 5.91 Å². The van der Waals surface area contributed by atoms with Crippen molar-refractivity contribution < 1.29 is 14.4 Å². The van der Waals surface area contributed by atoms with Crippen molar-refractivity contribution in [3.63, 3.8) is 0 Å². The summed E-state index contributed by atoms with van der Waals surface area (Å²) < 4.78 is 7.01. The second kappa shape index (κ2) is 7.41. The summed E-state index contributed by atoms with van der Waals surface area (Å²) in [5.41, 5.74) is 1.07. The first-order valence-electron chi connectivity index (χ1n) is 9.40. The molecule has 1 amide bonds. The first kappa shape index (κ1) is 18.3. The number of nitrogens with zero attached hydrogens (tertiary/aromatic N) is 3. The quantitative estimate of drug-likeness (QED) is 0.687. The lowest BCUT2D eigenvalue weighted by molar-refractivity contribution is -0.945. The highest BCUT2D eigenvalue weighted by molar-refractivity contribution is 5.79. The van der Waals surface area contributed by atoms with Crippen molar-refractivity contribution in [1.29, 1.82) is 0 Å². The van der Waals surface area contributed by atoms with Gasteiger partial charge in [-0.15, -0.1) is 5.10 Å². The smallest absolute Gasteiger partial charge is 0.229 e. The molecule has 140 valence electrons. The second-order valence-electron chi connectivity index (χ2n) is 8.56. The largest absolute Gasteiger partial charge is 0.383 e. The van der Waals surface area contributed by atoms with Crippen LogP contribution in [0.4, 0.5) is 0 Å². The van der Waals surface area contributed by atoms with Gasteiger partial charge in [0.05, 0.1) is 37.9 Å². The van der Waals surface area contributed by atoms with E-state index >= 15 is 0 Å². The van der Waals surface area contributed by atoms with Crippen LogP contribution < -0.4 is 10.2 Å². The van der Waals surface area contributed by atoms with Crippen molar-refractivity contribution in [3.8, 4) is 0 Å². The number of aromatic nitrogens is 3. The highest BCUT2D eigenvalue weighted by atomic mass is 16.5. The predicted octanol–water partition coefficient (Wildman–Crippen LogP) is -0.368. The molecule has 25 heavy (non-hydrogen) atoms. The fourth-order valence-corrected chi connectivity index (χ4v) is 4.18. The van der Waals surface area contributed by atoms with Crippen molar-refractivity contribution in [2.45, 2.75) is 51.6 Å². The lowest BCUT2D eigenvalue weighted by atomic mass is 9.75. The van der Waals surface area contributed by atoms with Crippen LogP contribution in [0, 0.1) is 11.8 Å². The minimum Gasteiger partial charge on any atom is -0.383 e. The number of nitrogens with one attached hydrogen (secondary N) is 2. The Hall–Kier alpha value is -1.47. The number of rotatable bonds is 6. The molecule has 7 nitrogen and oxygen atoms in total. The molecule has 3 fully saturated rings. The number of carbonyl (C=O) groups is 1. The molecular weight excluding hydrogens is 318 g/mol. The minimum atomic E-state index is 0.0301. The van der Waals surface area contributed by atoms with Crippen molar-refractivity contribution in [2.24, 2.45) is 11.8 Å². The van der Waals surface area contributed by atoms with Gasteiger partial charge in [-0.25, -0.2) is 4.68 Å². The van der Waals surface area contributed by atoms with Gasteiger partial charge in [0, 0.05) is 38.1 Å². The Bertz CT molecular complexity index is 595. The van der Waals surface area contributed by atoms with Gasteiger partial charge in [-0.1, -0.05) is 26.0 Å². The minimum absolute atomic E-state index is 0.0301. The standard InChI is InChI=1S/C18H31N5O2/c1-18(2,3)16-12-23(21-20-16)10-14-9-13-5-7-22(14)11-15(13)17(24)19-6-8-25-4/h12-15H,5-11H2,1-4H3,(H,19,24)/p+1/t13-,14+,15-/m0/s1. The molecule has 1 unspecified atom stereocenters. The Morgan fingerprint density at radius 2 is 2.28 bits per heavy atom. The van der Waals surface area contributed by atoms with Gasteiger partial charge in [0.1, 0.15) is 6.04 Å². The number of carbonyl (C=O) groups excluding carboxylic acids is 1. The molecule has 4 heterocycles. The Labute approximate surface area is 150 Å². The zero-order valence-corrected chi connectivity index (χ0v) is 15.9. The van der Waals surface area contributed by atoms with Crippen LogP contribution in [0.5, 0.6) is 0 Å². The Kier molecular flexibility index (Phi) is 5.43. The van der Waals surface area contributed by atoms with Crippen molar-refractivity contribution in [1.82, 2.24) is 20.3 Å². The normalized spacial score (nSPS) is 29.0. The number of fused-ring (bicyclic) bond motifs is 3. The topological polar surface area (TPSA) is 73.5 Å². The second-order valence-corrected chi connectivity index (χ2v) is 8.56. The number of piperidine rings is 3. The van der Waals surface area contributed by atoms with Gasteiger partial charge in [-0.05, 0) is 5.92 Å². The molecule has 3 saturated heterocycles. The first-order chi connectivity index (χ1) is 11.9. The van der Waals surface area contributed by atoms with Crippen LogP contribution in [-0.2, 0) is 21.5 Å². The number of hydrogen-bond acceptors (Lipinski definition) is 4. The van der Waals surface area contributed by atoms with Gasteiger partial charge in [-0.2, -0.15) is 0 Å². The van der Waals surface area contributed by atoms with E-state index in [2.05, 4.69) is 42.6 Å². The van der Waals surface area contributed by atoms with E-state index in [1.54, 1.807) is 12.0 Å². The summed E-state index contributed by atoms with van der Waals surface area (Å²) in [7, 11) is 1.66. The van der Waals surface area contributed by atoms with Gasteiger partial charge in [0.15, 0.2) is 0 Å². The number of ether oxygens (including phenoxy) is 1. The maximum atomic E-state index is 12.4. The van der Waals surface area contributed by atoms with Gasteiger partial charge in [0.25, 0.3) is 0 Å². The summed E-state index contributed by atoms with van der Waals surface area (Å²) in [6.07, 6.45) is 4.33. The molecule has 2 N–H and O–H groups in total. The zero-order chi connectivity index (χ0) is 18.0. The molecule has 2 bridgehead atoms. The summed E-state index contributed by atoms with van der Waals surface area (Å²) in [4.78, 5) is 14.0. The average Bonchev–Trinajstić information content (AvgIpc) is 3.04. The average molecular weight is 350 g/mol. The van der Waals surface area contributed by atoms with Crippen LogP contribution >= 0.6 is 0 Å². The molecule has 0 saturated carbocycles. The van der Waals surface area contributed by atoms with E-state index in [1.165, 1.54) is 0 Å². The van der Waals surface area contributed by atoms with E-state index in [4.69, 9.17) is 4.74 Å². The first-order valence-corrected chi connectivity index (χ1v) is 9.40. The fourth-order valence-electron chi connectivity index (χ4n) is 4.18. The van der Waals surface area contributed by atoms with Crippen LogP contribution in [0.25, 0.3) is 0 Å². The summed E-state index contributed by atoms with van der Waals surface area (Å²) >= 11 is 0. The van der Waals surface area contributed by atoms with Gasteiger partial charge in [-0.3, -0.25) is 4.79 Å². The summed E-state index contributed by atoms with van der Waals surface area (Å²) in [5.74, 6) is 0.849. The molecule has 1 aromatic rings. The molecule has 0 aliphatic carbocycles. The highest BCUT2D eigenvalue weighted by Crippen LogP contribution is 2.28. The van der Waals surface area contributed by atoms with Crippen LogP contribution in [0.2, 0.25) is 0 Å². The Morgan fingerprint density at radius 3 is 2.88 bits per heavy atom. The number of methoxy groups -OCH3 is 1. The molecule has 1 aromatic heterocycles. The lowest BCUT2D eigenvalue weighted by Crippen LogP contribution is -3.20. The van der Waals surface area contributed by atoms with E-state index in [0.717, 1.165) is 38.2 Å². The molecular formula is C18H32N5O2+. The van der Waals surface area contributed by atoms with E-state index in [-0.39, 0.29) is 17.2 Å². The summed E-state index contributed by atoms with van der Waals surface area (Å²) in [6.45, 7) is 10.7. The van der Waals surface area contributed by atoms with Crippen LogP contribution in [0.1, 0.15) is 39.3 Å². The fraction of sp³-hybridized carbons (Fsp3) is 0.833. The Morgan fingerprint density at radius 1 is 1.48 bits per heavy atom. The van der Waals surface area contributed by atoms with Crippen molar-refractivity contribution >= 4 is 5.91 Å². The van der Waals surface area contributed by atoms with Crippen LogP contribution in [0.3, 0.4) is 0 Å². The molecule has 0 spiro atoms. The predicted molar refractivity (Wildman–Crippen MR) is 94.3 cm³/mol. The lowest BCUT2D eigenvalue weighted by Gasteiger charge is -2.46. The third-order valence-electron chi connectivity index (χ3n) is 5.71. The van der Waals surface area contributed by atoms with E-state index in [1.807, 2.05) is 4.68 Å². The molecule has 3 aliphatic heterocycles. The van der Waals surface area contributed by atoms with E-state index in [0.29, 0.717) is 25.1 Å². The van der Waals surface area contributed by atoms with E-state index in [9.17, 15) is 4.79 Å². The van der Waals surface area contributed by atoms with Gasteiger partial charge < -0.3 is 15.0 Å². The maximum absolute atomic E-state index is 12.4. The monoisotopic (exact) mass is 350 g/mol.